The average molecular weight is 301 g/mol. The summed E-state index contributed by atoms with van der Waals surface area (Å²) in [6, 6.07) is 5.54. The Bertz CT molecular complexity index is 444. The number of aliphatic hydroxyl groups is 1. The maximum atomic E-state index is 11.0. The Kier molecular flexibility index (Phi) is 4.81. The van der Waals surface area contributed by atoms with Gasteiger partial charge < -0.3 is 5.11 Å². The summed E-state index contributed by atoms with van der Waals surface area (Å²) in [4.78, 5) is 0. The highest BCUT2D eigenvalue weighted by molar-refractivity contribution is 6.42. The van der Waals surface area contributed by atoms with Crippen LogP contribution in [0.25, 0.3) is 0 Å². The molecule has 2 unspecified atom stereocenters. The summed E-state index contributed by atoms with van der Waals surface area (Å²) in [5, 5.41) is 12.0. The van der Waals surface area contributed by atoms with Crippen LogP contribution in [0.5, 0.6) is 0 Å². The zero-order valence-electron chi connectivity index (χ0n) is 11.6. The molecule has 0 aliphatic heterocycles. The van der Waals surface area contributed by atoms with Crippen LogP contribution in [-0.2, 0) is 5.60 Å². The van der Waals surface area contributed by atoms with Crippen LogP contribution < -0.4 is 0 Å². The molecule has 3 heteroatoms. The zero-order chi connectivity index (χ0) is 14.0. The lowest BCUT2D eigenvalue weighted by Crippen LogP contribution is -2.25. The maximum Gasteiger partial charge on any atom is 0.0911 e. The van der Waals surface area contributed by atoms with E-state index in [2.05, 4.69) is 13.8 Å². The lowest BCUT2D eigenvalue weighted by Gasteiger charge is -2.29. The summed E-state index contributed by atoms with van der Waals surface area (Å²) >= 11 is 12.3. The third-order valence-electron chi connectivity index (χ3n) is 4.49. The predicted octanol–water partition coefficient (Wildman–Crippen LogP) is 5.42. The van der Waals surface area contributed by atoms with Crippen LogP contribution in [0.1, 0.15) is 51.5 Å². The predicted molar refractivity (Wildman–Crippen MR) is 81.8 cm³/mol. The summed E-state index contributed by atoms with van der Waals surface area (Å²) in [6.45, 7) is 4.53. The lowest BCUT2D eigenvalue weighted by molar-refractivity contribution is 0.0192. The van der Waals surface area contributed by atoms with Gasteiger partial charge in [0.1, 0.15) is 0 Å². The van der Waals surface area contributed by atoms with Crippen LogP contribution in [0, 0.1) is 11.8 Å². The van der Waals surface area contributed by atoms with Crippen LogP contribution in [0.2, 0.25) is 10.0 Å². The van der Waals surface area contributed by atoms with Crippen molar-refractivity contribution in [2.75, 3.05) is 0 Å². The van der Waals surface area contributed by atoms with Crippen molar-refractivity contribution in [2.45, 2.75) is 51.6 Å². The van der Waals surface area contributed by atoms with Crippen LogP contribution >= 0.6 is 23.2 Å². The lowest BCUT2D eigenvalue weighted by atomic mass is 9.84. The van der Waals surface area contributed by atoms with Gasteiger partial charge in [0.2, 0.25) is 0 Å². The zero-order valence-corrected chi connectivity index (χ0v) is 13.1. The minimum atomic E-state index is -0.814. The third-order valence-corrected chi connectivity index (χ3v) is 5.31. The Labute approximate surface area is 125 Å². The molecule has 0 amide bonds. The number of benzene rings is 1. The highest BCUT2D eigenvalue weighted by Crippen LogP contribution is 2.43. The second kappa shape index (κ2) is 6.03. The summed E-state index contributed by atoms with van der Waals surface area (Å²) < 4.78 is 0. The molecule has 0 saturated heterocycles. The van der Waals surface area contributed by atoms with Gasteiger partial charge in [0.15, 0.2) is 0 Å². The van der Waals surface area contributed by atoms with Gasteiger partial charge in [-0.2, -0.15) is 0 Å². The second-order valence-electron chi connectivity index (χ2n) is 6.07. The molecule has 1 nitrogen and oxygen atoms in total. The van der Waals surface area contributed by atoms with Gasteiger partial charge in [-0.3, -0.25) is 0 Å². The Morgan fingerprint density at radius 2 is 1.95 bits per heavy atom. The van der Waals surface area contributed by atoms with Crippen LogP contribution in [0.3, 0.4) is 0 Å². The van der Waals surface area contributed by atoms with E-state index in [9.17, 15) is 5.11 Å². The molecule has 0 radical (unpaired) electrons. The van der Waals surface area contributed by atoms with Gasteiger partial charge in [0, 0.05) is 5.56 Å². The van der Waals surface area contributed by atoms with E-state index in [0.29, 0.717) is 21.9 Å². The monoisotopic (exact) mass is 300 g/mol. The molecule has 1 aliphatic carbocycles. The first kappa shape index (κ1) is 15.2. The summed E-state index contributed by atoms with van der Waals surface area (Å²) in [5.41, 5.74) is -0.0166. The molecule has 2 atom stereocenters. The molecule has 1 aromatic carbocycles. The first-order chi connectivity index (χ1) is 8.94. The fourth-order valence-corrected chi connectivity index (χ4v) is 3.63. The van der Waals surface area contributed by atoms with E-state index in [0.717, 1.165) is 31.2 Å². The topological polar surface area (TPSA) is 20.2 Å². The molecular formula is C16H22Cl2O. The van der Waals surface area contributed by atoms with Gasteiger partial charge in [0.25, 0.3) is 0 Å². The smallest absolute Gasteiger partial charge is 0.0911 e. The van der Waals surface area contributed by atoms with Crippen molar-refractivity contribution < 1.29 is 5.11 Å². The van der Waals surface area contributed by atoms with Crippen LogP contribution in [0.4, 0.5) is 0 Å². The minimum absolute atomic E-state index is 0.509. The van der Waals surface area contributed by atoms with Crippen molar-refractivity contribution >= 4 is 23.2 Å². The largest absolute Gasteiger partial charge is 0.385 e. The van der Waals surface area contributed by atoms with Crippen molar-refractivity contribution in [2.24, 2.45) is 11.8 Å². The molecule has 19 heavy (non-hydrogen) atoms. The molecule has 1 aromatic rings. The molecule has 0 spiro atoms. The van der Waals surface area contributed by atoms with Crippen molar-refractivity contribution in [3.8, 4) is 0 Å². The summed E-state index contributed by atoms with van der Waals surface area (Å²) in [5.74, 6) is 1.38. The Hall–Kier alpha value is -0.240. The van der Waals surface area contributed by atoms with Gasteiger partial charge in [-0.25, -0.2) is 0 Å². The molecule has 1 N–H and O–H groups in total. The SMILES string of the molecule is CC(C)C1CCCC(O)(c2cccc(Cl)c2Cl)CC1. The molecule has 2 rings (SSSR count). The van der Waals surface area contributed by atoms with Crippen molar-refractivity contribution in [1.29, 1.82) is 0 Å². The van der Waals surface area contributed by atoms with Crippen molar-refractivity contribution in [3.63, 3.8) is 0 Å². The van der Waals surface area contributed by atoms with Gasteiger partial charge in [-0.05, 0) is 43.6 Å². The summed E-state index contributed by atoms with van der Waals surface area (Å²) in [6.07, 6.45) is 4.84. The minimum Gasteiger partial charge on any atom is -0.385 e. The third kappa shape index (κ3) is 3.26. The number of hydrogen-bond acceptors (Lipinski definition) is 1. The second-order valence-corrected chi connectivity index (χ2v) is 6.85. The first-order valence-corrected chi connectivity index (χ1v) is 7.86. The molecule has 1 aliphatic rings. The first-order valence-electron chi connectivity index (χ1n) is 7.11. The van der Waals surface area contributed by atoms with E-state index in [-0.39, 0.29) is 0 Å². The molecule has 0 aromatic heterocycles. The molecular weight excluding hydrogens is 279 g/mol. The molecule has 1 saturated carbocycles. The number of halogens is 2. The van der Waals surface area contributed by atoms with E-state index >= 15 is 0 Å². The molecule has 106 valence electrons. The highest BCUT2D eigenvalue weighted by Gasteiger charge is 2.35. The van der Waals surface area contributed by atoms with Crippen molar-refractivity contribution in [3.05, 3.63) is 33.8 Å². The van der Waals surface area contributed by atoms with Crippen molar-refractivity contribution in [1.82, 2.24) is 0 Å². The molecule has 0 heterocycles. The van der Waals surface area contributed by atoms with Crippen LogP contribution in [-0.4, -0.2) is 5.11 Å². The standard InChI is InChI=1S/C16H22Cl2O/c1-11(2)12-5-4-9-16(19,10-8-12)13-6-3-7-14(17)15(13)18/h3,6-7,11-12,19H,4-5,8-10H2,1-2H3. The van der Waals surface area contributed by atoms with Gasteiger partial charge in [-0.15, -0.1) is 0 Å². The van der Waals surface area contributed by atoms with Gasteiger partial charge in [-0.1, -0.05) is 55.6 Å². The normalized spacial score (nSPS) is 28.4. The number of rotatable bonds is 2. The van der Waals surface area contributed by atoms with Crippen LogP contribution in [0.15, 0.2) is 18.2 Å². The van der Waals surface area contributed by atoms with E-state index in [1.807, 2.05) is 12.1 Å². The van der Waals surface area contributed by atoms with E-state index in [4.69, 9.17) is 23.2 Å². The van der Waals surface area contributed by atoms with E-state index in [1.54, 1.807) is 6.07 Å². The quantitative estimate of drug-likeness (QED) is 0.723. The fraction of sp³-hybridized carbons (Fsp3) is 0.625. The Morgan fingerprint density at radius 3 is 2.63 bits per heavy atom. The average Bonchev–Trinajstić information content (AvgIpc) is 2.55. The van der Waals surface area contributed by atoms with E-state index in [1.165, 1.54) is 6.42 Å². The Balaban J connectivity index is 2.25. The van der Waals surface area contributed by atoms with E-state index < -0.39 is 5.60 Å². The van der Waals surface area contributed by atoms with Gasteiger partial charge in [0.05, 0.1) is 15.6 Å². The van der Waals surface area contributed by atoms with Gasteiger partial charge >= 0.3 is 0 Å². The number of hydrogen-bond donors (Lipinski definition) is 1. The Morgan fingerprint density at radius 1 is 1.21 bits per heavy atom. The maximum absolute atomic E-state index is 11.0. The molecule has 0 bridgehead atoms. The summed E-state index contributed by atoms with van der Waals surface area (Å²) in [7, 11) is 0. The fourth-order valence-electron chi connectivity index (χ4n) is 3.15. The molecule has 1 fully saturated rings. The highest BCUT2D eigenvalue weighted by atomic mass is 35.5.